The smallest absolute Gasteiger partial charge is 0.136 e. The first-order valence-electron chi connectivity index (χ1n) is 15.1. The second-order valence-corrected chi connectivity index (χ2v) is 11.7. The third-order valence-corrected chi connectivity index (χ3v) is 9.38. The summed E-state index contributed by atoms with van der Waals surface area (Å²) < 4.78 is 8.74. The molecule has 0 unspecified atom stereocenters. The predicted octanol–water partition coefficient (Wildman–Crippen LogP) is 11.7. The van der Waals surface area contributed by atoms with Gasteiger partial charge in [0, 0.05) is 27.2 Å². The molecule has 0 saturated heterocycles. The Morgan fingerprint density at radius 1 is 0.341 bits per heavy atom. The van der Waals surface area contributed by atoms with Crippen molar-refractivity contribution in [3.8, 4) is 50.2 Å². The van der Waals surface area contributed by atoms with Crippen LogP contribution in [0, 0.1) is 0 Å². The van der Waals surface area contributed by atoms with Crippen LogP contribution >= 0.6 is 0 Å². The van der Waals surface area contributed by atoms with E-state index in [-0.39, 0.29) is 0 Å². The molecule has 2 heterocycles. The van der Waals surface area contributed by atoms with E-state index in [1.54, 1.807) is 0 Å². The zero-order valence-electron chi connectivity index (χ0n) is 23.8. The Morgan fingerprint density at radius 3 is 1.52 bits per heavy atom. The summed E-state index contributed by atoms with van der Waals surface area (Å²) in [6, 6.07) is 54.9. The van der Waals surface area contributed by atoms with Crippen LogP contribution in [0.5, 0.6) is 0 Å². The maximum atomic E-state index is 6.32. The van der Waals surface area contributed by atoms with E-state index < -0.39 is 0 Å². The highest BCUT2D eigenvalue weighted by atomic mass is 16.3. The number of fused-ring (bicyclic) bond motifs is 15. The molecule has 0 fully saturated rings. The molecule has 0 saturated carbocycles. The number of hydrogen-bond donors (Lipinski definition) is 0. The molecular weight excluding hydrogens is 534 g/mol. The standard InChI is InChI=1S/C42H25NO/c1-2-12-28-27(11-1)29-13-3-4-15-31(29)33-22-21-26(25-36(33)32-16-6-5-14-30(28)32)43-37-19-9-7-17-34(37)41-38(43)23-24-40-42(41)35-18-8-10-20-39(35)44-40/h1-25H. The van der Waals surface area contributed by atoms with Crippen molar-refractivity contribution >= 4 is 43.7 Å². The first-order valence-corrected chi connectivity index (χ1v) is 15.1. The third-order valence-electron chi connectivity index (χ3n) is 9.38. The van der Waals surface area contributed by atoms with Gasteiger partial charge in [-0.3, -0.25) is 0 Å². The second kappa shape index (κ2) is 8.82. The lowest BCUT2D eigenvalue weighted by atomic mass is 9.81. The van der Waals surface area contributed by atoms with Crippen LogP contribution in [0.3, 0.4) is 0 Å². The Hall–Kier alpha value is -5.86. The van der Waals surface area contributed by atoms with Crippen molar-refractivity contribution in [3.05, 3.63) is 152 Å². The van der Waals surface area contributed by atoms with Gasteiger partial charge in [-0.2, -0.15) is 0 Å². The van der Waals surface area contributed by atoms with Gasteiger partial charge in [0.15, 0.2) is 0 Å². The van der Waals surface area contributed by atoms with E-state index in [0.29, 0.717) is 0 Å². The highest BCUT2D eigenvalue weighted by Gasteiger charge is 2.23. The van der Waals surface area contributed by atoms with E-state index in [1.165, 1.54) is 71.7 Å². The zero-order chi connectivity index (χ0) is 28.8. The highest BCUT2D eigenvalue weighted by molar-refractivity contribution is 6.27. The minimum Gasteiger partial charge on any atom is -0.456 e. The monoisotopic (exact) mass is 559 g/mol. The molecule has 0 amide bonds. The first kappa shape index (κ1) is 23.7. The molecule has 2 nitrogen and oxygen atoms in total. The Balaban J connectivity index is 1.32. The molecular formula is C42H25NO. The average molecular weight is 560 g/mol. The molecule has 1 aliphatic rings. The van der Waals surface area contributed by atoms with Crippen LogP contribution in [0.25, 0.3) is 93.9 Å². The molecule has 0 N–H and O–H groups in total. The molecule has 0 bridgehead atoms. The number of furan rings is 1. The maximum Gasteiger partial charge on any atom is 0.136 e. The fourth-order valence-corrected chi connectivity index (χ4v) is 7.54. The van der Waals surface area contributed by atoms with Gasteiger partial charge < -0.3 is 8.98 Å². The van der Waals surface area contributed by atoms with Gasteiger partial charge in [0.05, 0.1) is 11.0 Å². The highest BCUT2D eigenvalue weighted by Crippen LogP contribution is 2.48. The number of benzene rings is 7. The third kappa shape index (κ3) is 3.14. The van der Waals surface area contributed by atoms with Crippen molar-refractivity contribution in [1.82, 2.24) is 4.57 Å². The molecule has 1 aliphatic carbocycles. The molecule has 9 aromatic rings. The van der Waals surface area contributed by atoms with Crippen molar-refractivity contribution in [1.29, 1.82) is 0 Å². The fraction of sp³-hybridized carbons (Fsp3) is 0. The predicted molar refractivity (Wildman–Crippen MR) is 183 cm³/mol. The topological polar surface area (TPSA) is 18.1 Å². The molecule has 2 aromatic heterocycles. The summed E-state index contributed by atoms with van der Waals surface area (Å²) in [7, 11) is 0. The summed E-state index contributed by atoms with van der Waals surface area (Å²) in [6.07, 6.45) is 0. The summed E-state index contributed by atoms with van der Waals surface area (Å²) >= 11 is 0. The van der Waals surface area contributed by atoms with Gasteiger partial charge in [0.1, 0.15) is 11.2 Å². The Bertz CT molecular complexity index is 2610. The summed E-state index contributed by atoms with van der Waals surface area (Å²) in [6.45, 7) is 0. The van der Waals surface area contributed by atoms with Gasteiger partial charge in [-0.05, 0) is 80.9 Å². The normalized spacial score (nSPS) is 12.1. The summed E-state index contributed by atoms with van der Waals surface area (Å²) in [5.74, 6) is 0. The number of para-hydroxylation sites is 2. The van der Waals surface area contributed by atoms with Crippen LogP contribution in [0.4, 0.5) is 0 Å². The van der Waals surface area contributed by atoms with Crippen molar-refractivity contribution in [2.24, 2.45) is 0 Å². The van der Waals surface area contributed by atoms with Crippen molar-refractivity contribution in [2.75, 3.05) is 0 Å². The van der Waals surface area contributed by atoms with E-state index in [2.05, 4.69) is 150 Å². The molecule has 0 atom stereocenters. The quantitative estimate of drug-likeness (QED) is 0.196. The van der Waals surface area contributed by atoms with Gasteiger partial charge in [0.2, 0.25) is 0 Å². The van der Waals surface area contributed by atoms with E-state index in [9.17, 15) is 0 Å². The number of hydrogen-bond acceptors (Lipinski definition) is 1. The Kier molecular flexibility index (Phi) is 4.75. The SMILES string of the molecule is c1ccc2c(c1)-c1ccccc1-c1ccc(-n3c4ccccc4c4c5c(ccc43)oc3ccccc35)cc1-c1ccccc1-2. The van der Waals surface area contributed by atoms with E-state index in [0.717, 1.165) is 22.2 Å². The van der Waals surface area contributed by atoms with Crippen LogP contribution < -0.4 is 0 Å². The van der Waals surface area contributed by atoms with Gasteiger partial charge in [-0.15, -0.1) is 0 Å². The zero-order valence-corrected chi connectivity index (χ0v) is 23.8. The summed E-state index contributed by atoms with van der Waals surface area (Å²) in [5, 5.41) is 4.79. The first-order chi connectivity index (χ1) is 21.8. The van der Waals surface area contributed by atoms with Crippen LogP contribution in [0.2, 0.25) is 0 Å². The Morgan fingerprint density at radius 2 is 0.864 bits per heavy atom. The molecule has 204 valence electrons. The second-order valence-electron chi connectivity index (χ2n) is 11.7. The average Bonchev–Trinajstić information content (AvgIpc) is 3.63. The fourth-order valence-electron chi connectivity index (χ4n) is 7.54. The molecule has 10 rings (SSSR count). The molecule has 0 spiro atoms. The molecule has 44 heavy (non-hydrogen) atoms. The van der Waals surface area contributed by atoms with Gasteiger partial charge in [0.25, 0.3) is 0 Å². The number of rotatable bonds is 1. The molecule has 7 aromatic carbocycles. The van der Waals surface area contributed by atoms with Crippen LogP contribution in [-0.2, 0) is 0 Å². The lowest BCUT2D eigenvalue weighted by Gasteiger charge is -2.23. The maximum absolute atomic E-state index is 6.32. The van der Waals surface area contributed by atoms with E-state index in [4.69, 9.17) is 4.42 Å². The summed E-state index contributed by atoms with van der Waals surface area (Å²) in [4.78, 5) is 0. The number of nitrogens with zero attached hydrogens (tertiary/aromatic N) is 1. The lowest BCUT2D eigenvalue weighted by Crippen LogP contribution is -1.99. The van der Waals surface area contributed by atoms with Crippen molar-refractivity contribution in [2.45, 2.75) is 0 Å². The van der Waals surface area contributed by atoms with Crippen molar-refractivity contribution in [3.63, 3.8) is 0 Å². The number of aromatic nitrogens is 1. The van der Waals surface area contributed by atoms with Gasteiger partial charge in [-0.25, -0.2) is 0 Å². The van der Waals surface area contributed by atoms with E-state index >= 15 is 0 Å². The summed E-state index contributed by atoms with van der Waals surface area (Å²) in [5.41, 5.74) is 15.4. The Labute approximate surface area is 254 Å². The molecule has 0 radical (unpaired) electrons. The molecule has 2 heteroatoms. The lowest BCUT2D eigenvalue weighted by molar-refractivity contribution is 0.669. The van der Waals surface area contributed by atoms with E-state index in [1.807, 2.05) is 6.07 Å². The minimum absolute atomic E-state index is 0.920. The van der Waals surface area contributed by atoms with Crippen LogP contribution in [-0.4, -0.2) is 4.57 Å². The van der Waals surface area contributed by atoms with Gasteiger partial charge in [-0.1, -0.05) is 115 Å². The van der Waals surface area contributed by atoms with Crippen LogP contribution in [0.1, 0.15) is 0 Å². The molecule has 0 aliphatic heterocycles. The van der Waals surface area contributed by atoms with Crippen molar-refractivity contribution < 1.29 is 4.42 Å². The minimum atomic E-state index is 0.920. The van der Waals surface area contributed by atoms with Gasteiger partial charge >= 0.3 is 0 Å². The van der Waals surface area contributed by atoms with Crippen LogP contribution in [0.15, 0.2) is 156 Å². The largest absolute Gasteiger partial charge is 0.456 e.